The summed E-state index contributed by atoms with van der Waals surface area (Å²) in [5.74, 6) is 0.294. The molecule has 0 aliphatic carbocycles. The van der Waals surface area contributed by atoms with E-state index < -0.39 is 6.10 Å². The molecule has 0 saturated carbocycles. The van der Waals surface area contributed by atoms with Crippen molar-refractivity contribution in [2.24, 2.45) is 0 Å². The van der Waals surface area contributed by atoms with Crippen LogP contribution in [0.25, 0.3) is 0 Å². The van der Waals surface area contributed by atoms with Crippen LogP contribution in [0.15, 0.2) is 12.1 Å². The van der Waals surface area contributed by atoms with Crippen molar-refractivity contribution >= 4 is 11.7 Å². The third kappa shape index (κ3) is 4.20. The Morgan fingerprint density at radius 1 is 1.56 bits per heavy atom. The van der Waals surface area contributed by atoms with Gasteiger partial charge in [0.05, 0.1) is 6.61 Å². The normalized spacial score (nSPS) is 11.9. The van der Waals surface area contributed by atoms with Crippen LogP contribution in [0.1, 0.15) is 6.92 Å². The molecule has 1 rings (SSSR count). The Labute approximate surface area is 92.1 Å². The number of hydrogen-bond acceptors (Lipinski definition) is 6. The van der Waals surface area contributed by atoms with Crippen molar-refractivity contribution in [1.82, 2.24) is 10.2 Å². The molecule has 1 heterocycles. The van der Waals surface area contributed by atoms with Gasteiger partial charge in [0, 0.05) is 13.0 Å². The Balaban J connectivity index is 2.48. The van der Waals surface area contributed by atoms with Gasteiger partial charge in [0.1, 0.15) is 12.7 Å². The Morgan fingerprint density at radius 3 is 2.81 bits per heavy atom. The topological polar surface area (TPSA) is 105 Å². The highest BCUT2D eigenvalue weighted by molar-refractivity contribution is 5.87. The van der Waals surface area contributed by atoms with Gasteiger partial charge < -0.3 is 20.3 Å². The maximum Gasteiger partial charge on any atom is 0.233 e. The van der Waals surface area contributed by atoms with Crippen molar-refractivity contribution in [3.63, 3.8) is 0 Å². The van der Waals surface area contributed by atoms with E-state index >= 15 is 0 Å². The Hall–Kier alpha value is -1.73. The largest absolute Gasteiger partial charge is 0.474 e. The van der Waals surface area contributed by atoms with Crippen LogP contribution >= 0.6 is 0 Å². The van der Waals surface area contributed by atoms with E-state index in [1.54, 1.807) is 0 Å². The van der Waals surface area contributed by atoms with Crippen LogP contribution in [-0.2, 0) is 4.79 Å². The van der Waals surface area contributed by atoms with Crippen LogP contribution in [0, 0.1) is 0 Å². The van der Waals surface area contributed by atoms with Gasteiger partial charge in [-0.25, -0.2) is 0 Å². The smallest absolute Gasteiger partial charge is 0.233 e. The third-order valence-corrected chi connectivity index (χ3v) is 1.58. The van der Waals surface area contributed by atoms with E-state index in [-0.39, 0.29) is 25.0 Å². The van der Waals surface area contributed by atoms with E-state index in [1.165, 1.54) is 19.1 Å². The van der Waals surface area contributed by atoms with Gasteiger partial charge in [-0.2, -0.15) is 0 Å². The zero-order valence-electron chi connectivity index (χ0n) is 8.75. The molecule has 0 unspecified atom stereocenters. The van der Waals surface area contributed by atoms with Gasteiger partial charge in [-0.15, -0.1) is 10.2 Å². The standard InChI is InChI=1S/C9H13N3O4/c1-6(14)10-8-2-3-9(12-11-8)16-5-7(15)4-13/h2-3,7,13,15H,4-5H2,1H3,(H,10,11,14)/t7-/m0/s1. The summed E-state index contributed by atoms with van der Waals surface area (Å²) in [6.45, 7) is 0.922. The summed E-state index contributed by atoms with van der Waals surface area (Å²) in [6, 6.07) is 3.03. The predicted molar refractivity (Wildman–Crippen MR) is 54.9 cm³/mol. The zero-order chi connectivity index (χ0) is 12.0. The number of carbonyl (C=O) groups excluding carboxylic acids is 1. The minimum Gasteiger partial charge on any atom is -0.474 e. The number of nitrogens with one attached hydrogen (secondary N) is 1. The molecule has 16 heavy (non-hydrogen) atoms. The quantitative estimate of drug-likeness (QED) is 0.606. The molecule has 0 fully saturated rings. The maximum atomic E-state index is 10.7. The molecule has 1 aromatic heterocycles. The van der Waals surface area contributed by atoms with Crippen LogP contribution in [0.4, 0.5) is 5.82 Å². The average molecular weight is 227 g/mol. The number of anilines is 1. The number of ether oxygens (including phenoxy) is 1. The molecule has 1 amide bonds. The van der Waals surface area contributed by atoms with Gasteiger partial charge >= 0.3 is 0 Å². The maximum absolute atomic E-state index is 10.7. The second-order valence-corrected chi connectivity index (χ2v) is 3.09. The molecule has 0 saturated heterocycles. The van der Waals surface area contributed by atoms with Crippen LogP contribution in [0.2, 0.25) is 0 Å². The Bertz CT molecular complexity index is 341. The first kappa shape index (κ1) is 12.3. The second-order valence-electron chi connectivity index (χ2n) is 3.09. The van der Waals surface area contributed by atoms with Crippen LogP contribution < -0.4 is 10.1 Å². The lowest BCUT2D eigenvalue weighted by Gasteiger charge is -2.08. The molecule has 0 aliphatic heterocycles. The van der Waals surface area contributed by atoms with Crippen LogP contribution in [0.5, 0.6) is 5.88 Å². The van der Waals surface area contributed by atoms with Gasteiger partial charge in [-0.1, -0.05) is 0 Å². The van der Waals surface area contributed by atoms with Gasteiger partial charge in [-0.05, 0) is 6.07 Å². The Morgan fingerprint density at radius 2 is 2.31 bits per heavy atom. The molecule has 0 bridgehead atoms. The summed E-state index contributed by atoms with van der Waals surface area (Å²) >= 11 is 0. The number of aromatic nitrogens is 2. The Kier molecular flexibility index (Phi) is 4.62. The second kappa shape index (κ2) is 5.99. The first-order valence-corrected chi connectivity index (χ1v) is 4.65. The van der Waals surface area contributed by atoms with Gasteiger partial charge in [0.2, 0.25) is 11.8 Å². The lowest BCUT2D eigenvalue weighted by molar-refractivity contribution is -0.114. The highest BCUT2D eigenvalue weighted by atomic mass is 16.5. The molecule has 0 aliphatic rings. The number of nitrogens with zero attached hydrogens (tertiary/aromatic N) is 2. The van der Waals surface area contributed by atoms with Crippen molar-refractivity contribution in [3.05, 3.63) is 12.1 Å². The summed E-state index contributed by atoms with van der Waals surface area (Å²) in [4.78, 5) is 10.7. The molecule has 7 nitrogen and oxygen atoms in total. The minimum atomic E-state index is -0.947. The summed E-state index contributed by atoms with van der Waals surface area (Å²) in [6.07, 6.45) is -0.947. The molecule has 88 valence electrons. The first-order chi connectivity index (χ1) is 7.61. The summed E-state index contributed by atoms with van der Waals surface area (Å²) in [7, 11) is 0. The van der Waals surface area contributed by atoms with Crippen molar-refractivity contribution in [2.45, 2.75) is 13.0 Å². The van der Waals surface area contributed by atoms with E-state index in [0.717, 1.165) is 0 Å². The zero-order valence-corrected chi connectivity index (χ0v) is 8.75. The highest BCUT2D eigenvalue weighted by Crippen LogP contribution is 2.08. The molecular formula is C9H13N3O4. The van der Waals surface area contributed by atoms with E-state index in [0.29, 0.717) is 5.82 Å². The summed E-state index contributed by atoms with van der Waals surface area (Å²) in [5, 5.41) is 27.3. The molecule has 1 atom stereocenters. The summed E-state index contributed by atoms with van der Waals surface area (Å²) < 4.78 is 5.02. The first-order valence-electron chi connectivity index (χ1n) is 4.65. The minimum absolute atomic E-state index is 0.0648. The van der Waals surface area contributed by atoms with Gasteiger partial charge in [-0.3, -0.25) is 4.79 Å². The lowest BCUT2D eigenvalue weighted by Crippen LogP contribution is -2.21. The monoisotopic (exact) mass is 227 g/mol. The molecule has 0 spiro atoms. The molecule has 1 aromatic rings. The van der Waals surface area contributed by atoms with Crippen molar-refractivity contribution in [3.8, 4) is 5.88 Å². The number of carbonyl (C=O) groups is 1. The molecule has 0 aromatic carbocycles. The van der Waals surface area contributed by atoms with E-state index in [1.807, 2.05) is 0 Å². The van der Waals surface area contributed by atoms with Crippen LogP contribution in [-0.4, -0.2) is 45.6 Å². The molecule has 3 N–H and O–H groups in total. The molecule has 0 radical (unpaired) electrons. The van der Waals surface area contributed by atoms with E-state index in [9.17, 15) is 4.79 Å². The van der Waals surface area contributed by atoms with E-state index in [4.69, 9.17) is 14.9 Å². The number of aliphatic hydroxyl groups is 2. The van der Waals surface area contributed by atoms with Gasteiger partial charge in [0.15, 0.2) is 5.82 Å². The van der Waals surface area contributed by atoms with Crippen molar-refractivity contribution < 1.29 is 19.7 Å². The van der Waals surface area contributed by atoms with Gasteiger partial charge in [0.25, 0.3) is 0 Å². The number of rotatable bonds is 5. The van der Waals surface area contributed by atoms with Crippen LogP contribution in [0.3, 0.4) is 0 Å². The number of amides is 1. The van der Waals surface area contributed by atoms with Crippen molar-refractivity contribution in [2.75, 3.05) is 18.5 Å². The average Bonchev–Trinajstić information content (AvgIpc) is 2.27. The number of aliphatic hydroxyl groups excluding tert-OH is 2. The molecule has 7 heteroatoms. The third-order valence-electron chi connectivity index (χ3n) is 1.58. The van der Waals surface area contributed by atoms with Crippen molar-refractivity contribution in [1.29, 1.82) is 0 Å². The SMILES string of the molecule is CC(=O)Nc1ccc(OC[C@@H](O)CO)nn1. The summed E-state index contributed by atoms with van der Waals surface area (Å²) in [5.41, 5.74) is 0. The fourth-order valence-electron chi connectivity index (χ4n) is 0.878. The van der Waals surface area contributed by atoms with E-state index in [2.05, 4.69) is 15.5 Å². The fraction of sp³-hybridized carbons (Fsp3) is 0.444. The lowest BCUT2D eigenvalue weighted by atomic mass is 10.4. The fourth-order valence-corrected chi connectivity index (χ4v) is 0.878. The predicted octanol–water partition coefficient (Wildman–Crippen LogP) is -0.833. The highest BCUT2D eigenvalue weighted by Gasteiger charge is 2.04. The number of hydrogen-bond donors (Lipinski definition) is 3. The molecular weight excluding hydrogens is 214 g/mol.